The highest BCUT2D eigenvalue weighted by molar-refractivity contribution is 6.30. The second-order valence-electron chi connectivity index (χ2n) is 5.49. The molecule has 26 heavy (non-hydrogen) atoms. The number of carbonyl (C=O) groups excluding carboxylic acids is 2. The first-order valence-electron chi connectivity index (χ1n) is 7.47. The normalized spacial score (nSPS) is 10.2. The third kappa shape index (κ3) is 4.93. The van der Waals surface area contributed by atoms with Crippen LogP contribution in [0.25, 0.3) is 0 Å². The molecule has 2 aromatic carbocycles. The minimum atomic E-state index is -0.849. The number of amides is 1. The Labute approximate surface area is 154 Å². The number of ether oxygens (including phenoxy) is 1. The minimum absolute atomic E-state index is 0.0591. The highest BCUT2D eigenvalue weighted by Crippen LogP contribution is 2.22. The fourth-order valence-corrected chi connectivity index (χ4v) is 2.36. The predicted molar refractivity (Wildman–Crippen MR) is 95.7 cm³/mol. The molecule has 0 aliphatic heterocycles. The van der Waals surface area contributed by atoms with Gasteiger partial charge in [0.2, 0.25) is 0 Å². The zero-order valence-corrected chi connectivity index (χ0v) is 14.6. The van der Waals surface area contributed by atoms with E-state index in [1.54, 1.807) is 25.2 Å². The molecule has 0 aromatic heterocycles. The number of esters is 1. The lowest BCUT2D eigenvalue weighted by Crippen LogP contribution is -2.30. The van der Waals surface area contributed by atoms with E-state index in [0.717, 1.165) is 11.6 Å². The number of anilines is 1. The van der Waals surface area contributed by atoms with Gasteiger partial charge in [0.25, 0.3) is 11.6 Å². The predicted octanol–water partition coefficient (Wildman–Crippen LogP) is 2.65. The summed E-state index contributed by atoms with van der Waals surface area (Å²) in [6.07, 6.45) is 0. The lowest BCUT2D eigenvalue weighted by Gasteiger charge is -2.17. The first-order valence-corrected chi connectivity index (χ1v) is 7.85. The van der Waals surface area contributed by atoms with Crippen LogP contribution >= 0.6 is 11.6 Å². The molecule has 0 radical (unpaired) electrons. The Morgan fingerprint density at radius 1 is 1.27 bits per heavy atom. The summed E-state index contributed by atoms with van der Waals surface area (Å²) in [6.45, 7) is -0.196. The maximum atomic E-state index is 12.1. The topological polar surface area (TPSA) is 116 Å². The number of nitrogen functional groups attached to an aromatic ring is 1. The molecule has 0 unspecified atom stereocenters. The first kappa shape index (κ1) is 19.2. The summed E-state index contributed by atoms with van der Waals surface area (Å²) in [5.74, 6) is -1.28. The van der Waals surface area contributed by atoms with Crippen molar-refractivity contribution in [3.05, 3.63) is 68.7 Å². The van der Waals surface area contributed by atoms with Crippen LogP contribution in [0.15, 0.2) is 42.5 Å². The number of rotatable bonds is 6. The van der Waals surface area contributed by atoms with Crippen molar-refractivity contribution in [3.8, 4) is 0 Å². The van der Waals surface area contributed by atoms with Gasteiger partial charge < -0.3 is 15.4 Å². The molecule has 0 aliphatic carbocycles. The Kier molecular flexibility index (Phi) is 6.13. The average Bonchev–Trinajstić information content (AvgIpc) is 2.59. The summed E-state index contributed by atoms with van der Waals surface area (Å²) in [4.78, 5) is 35.6. The third-order valence-electron chi connectivity index (χ3n) is 3.52. The summed E-state index contributed by atoms with van der Waals surface area (Å²) in [6, 6.07) is 10.6. The van der Waals surface area contributed by atoms with Crippen molar-refractivity contribution in [2.45, 2.75) is 6.54 Å². The summed E-state index contributed by atoms with van der Waals surface area (Å²) in [5.41, 5.74) is 5.78. The molecule has 1 amide bonds. The molecule has 0 saturated carbocycles. The molecule has 0 spiro atoms. The lowest BCUT2D eigenvalue weighted by atomic mass is 10.2. The number of benzene rings is 2. The number of carbonyl (C=O) groups is 2. The van der Waals surface area contributed by atoms with Crippen LogP contribution in [-0.2, 0) is 16.1 Å². The van der Waals surface area contributed by atoms with E-state index in [1.807, 2.05) is 6.07 Å². The van der Waals surface area contributed by atoms with Crippen molar-refractivity contribution in [2.24, 2.45) is 0 Å². The second kappa shape index (κ2) is 8.30. The first-order chi connectivity index (χ1) is 12.3. The SMILES string of the molecule is CN(Cc1cccc(Cl)c1)C(=O)COC(=O)c1ccc(N)c([N+](=O)[O-])c1. The lowest BCUT2D eigenvalue weighted by molar-refractivity contribution is -0.383. The Bertz CT molecular complexity index is 856. The van der Waals surface area contributed by atoms with E-state index in [0.29, 0.717) is 11.6 Å². The van der Waals surface area contributed by atoms with Crippen molar-refractivity contribution >= 4 is 34.9 Å². The van der Waals surface area contributed by atoms with Gasteiger partial charge in [-0.25, -0.2) is 4.79 Å². The van der Waals surface area contributed by atoms with Crippen LogP contribution in [0.1, 0.15) is 15.9 Å². The van der Waals surface area contributed by atoms with Gasteiger partial charge in [0, 0.05) is 24.7 Å². The van der Waals surface area contributed by atoms with Crippen molar-refractivity contribution in [1.82, 2.24) is 4.90 Å². The van der Waals surface area contributed by atoms with Gasteiger partial charge in [0.05, 0.1) is 10.5 Å². The molecule has 2 aromatic rings. The Morgan fingerprint density at radius 3 is 2.65 bits per heavy atom. The van der Waals surface area contributed by atoms with Crippen molar-refractivity contribution in [3.63, 3.8) is 0 Å². The maximum Gasteiger partial charge on any atom is 0.338 e. The van der Waals surface area contributed by atoms with Gasteiger partial charge in [-0.05, 0) is 29.8 Å². The molecule has 0 fully saturated rings. The smallest absolute Gasteiger partial charge is 0.338 e. The number of hydrogen-bond donors (Lipinski definition) is 1. The van der Waals surface area contributed by atoms with Gasteiger partial charge in [-0.1, -0.05) is 23.7 Å². The molecule has 0 bridgehead atoms. The van der Waals surface area contributed by atoms with Gasteiger partial charge in [-0.15, -0.1) is 0 Å². The summed E-state index contributed by atoms with van der Waals surface area (Å²) < 4.78 is 4.93. The van der Waals surface area contributed by atoms with Gasteiger partial charge >= 0.3 is 5.97 Å². The molecule has 0 atom stereocenters. The monoisotopic (exact) mass is 377 g/mol. The zero-order chi connectivity index (χ0) is 19.3. The zero-order valence-electron chi connectivity index (χ0n) is 13.8. The number of hydrogen-bond acceptors (Lipinski definition) is 6. The van der Waals surface area contributed by atoms with Crippen LogP contribution in [0.2, 0.25) is 5.02 Å². The van der Waals surface area contributed by atoms with E-state index in [9.17, 15) is 19.7 Å². The molecule has 0 saturated heterocycles. The number of nitrogens with two attached hydrogens (primary N) is 1. The Hall–Kier alpha value is -3.13. The van der Waals surface area contributed by atoms with Gasteiger partial charge in [0.15, 0.2) is 6.61 Å². The van der Waals surface area contributed by atoms with Crippen LogP contribution in [0.3, 0.4) is 0 Å². The highest BCUT2D eigenvalue weighted by Gasteiger charge is 2.18. The minimum Gasteiger partial charge on any atom is -0.452 e. The van der Waals surface area contributed by atoms with Crippen LogP contribution in [-0.4, -0.2) is 35.4 Å². The van der Waals surface area contributed by atoms with Gasteiger partial charge in [-0.3, -0.25) is 14.9 Å². The van der Waals surface area contributed by atoms with E-state index >= 15 is 0 Å². The second-order valence-corrected chi connectivity index (χ2v) is 5.92. The van der Waals surface area contributed by atoms with E-state index in [-0.39, 0.29) is 11.3 Å². The van der Waals surface area contributed by atoms with Crippen molar-refractivity contribution in [2.75, 3.05) is 19.4 Å². The quantitative estimate of drug-likeness (QED) is 0.358. The highest BCUT2D eigenvalue weighted by atomic mass is 35.5. The summed E-state index contributed by atoms with van der Waals surface area (Å²) in [7, 11) is 1.56. The van der Waals surface area contributed by atoms with Crippen molar-refractivity contribution in [1.29, 1.82) is 0 Å². The molecule has 9 heteroatoms. The Morgan fingerprint density at radius 2 is 2.00 bits per heavy atom. The molecule has 136 valence electrons. The van der Waals surface area contributed by atoms with Crippen molar-refractivity contribution < 1.29 is 19.2 Å². The van der Waals surface area contributed by atoms with Crippen LogP contribution in [0.4, 0.5) is 11.4 Å². The largest absolute Gasteiger partial charge is 0.452 e. The fraction of sp³-hybridized carbons (Fsp3) is 0.176. The number of nitrogens with zero attached hydrogens (tertiary/aromatic N) is 2. The summed E-state index contributed by atoms with van der Waals surface area (Å²) in [5, 5.41) is 11.4. The van der Waals surface area contributed by atoms with Gasteiger partial charge in [-0.2, -0.15) is 0 Å². The number of halogens is 1. The van der Waals surface area contributed by atoms with Crippen LogP contribution in [0.5, 0.6) is 0 Å². The molecule has 8 nitrogen and oxygen atoms in total. The fourth-order valence-electron chi connectivity index (χ4n) is 2.15. The maximum absolute atomic E-state index is 12.1. The molecule has 0 aliphatic rings. The van der Waals surface area contributed by atoms with E-state index in [4.69, 9.17) is 22.1 Å². The number of nitro groups is 1. The standard InChI is InChI=1S/C17H16ClN3O5/c1-20(9-11-3-2-4-13(18)7-11)16(22)10-26-17(23)12-5-6-14(19)15(8-12)21(24)25/h2-8H,9-10,19H2,1H3. The molecule has 2 rings (SSSR count). The van der Waals surface area contributed by atoms with Crippen LogP contribution < -0.4 is 5.73 Å². The van der Waals surface area contributed by atoms with E-state index in [2.05, 4.69) is 0 Å². The van der Waals surface area contributed by atoms with Crippen LogP contribution in [0, 0.1) is 10.1 Å². The molecular formula is C17H16ClN3O5. The molecular weight excluding hydrogens is 362 g/mol. The number of nitro benzene ring substituents is 1. The third-order valence-corrected chi connectivity index (χ3v) is 3.76. The molecule has 2 N–H and O–H groups in total. The summed E-state index contributed by atoms with van der Waals surface area (Å²) >= 11 is 5.89. The average molecular weight is 378 g/mol. The van der Waals surface area contributed by atoms with E-state index in [1.165, 1.54) is 17.0 Å². The Balaban J connectivity index is 1.95. The van der Waals surface area contributed by atoms with Gasteiger partial charge in [0.1, 0.15) is 5.69 Å². The van der Waals surface area contributed by atoms with E-state index < -0.39 is 29.1 Å². The number of likely N-dealkylation sites (N-methyl/N-ethyl adjacent to an activating group) is 1. The molecule has 0 heterocycles.